The molecule has 0 amide bonds. The highest BCUT2D eigenvalue weighted by Gasteiger charge is 2.46. The second-order valence-corrected chi connectivity index (χ2v) is 6.69. The topological polar surface area (TPSA) is 89.7 Å². The van der Waals surface area contributed by atoms with Gasteiger partial charge in [0.2, 0.25) is 0 Å². The number of benzene rings is 1. The molecule has 4 unspecified atom stereocenters. The van der Waals surface area contributed by atoms with Gasteiger partial charge in [0.05, 0.1) is 18.2 Å². The second-order valence-electron chi connectivity index (χ2n) is 6.69. The molecule has 0 radical (unpaired) electrons. The number of likely N-dealkylation sites (N-methyl/N-ethyl adjacent to an activating group) is 1. The number of aromatic nitrogens is 2. The van der Waals surface area contributed by atoms with Crippen molar-refractivity contribution in [3.63, 3.8) is 0 Å². The molecule has 1 aromatic carbocycles. The first-order chi connectivity index (χ1) is 12.3. The van der Waals surface area contributed by atoms with Gasteiger partial charge in [0.25, 0.3) is 0 Å². The highest BCUT2D eigenvalue weighted by molar-refractivity contribution is 5.40. The van der Waals surface area contributed by atoms with Crippen molar-refractivity contribution in [2.24, 2.45) is 5.92 Å². The fourth-order valence-electron chi connectivity index (χ4n) is 3.49. The highest BCUT2D eigenvalue weighted by Crippen LogP contribution is 2.39. The van der Waals surface area contributed by atoms with Gasteiger partial charge < -0.3 is 20.2 Å². The summed E-state index contributed by atoms with van der Waals surface area (Å²) in [4.78, 5) is 9.91. The molecule has 2 aromatic rings. The van der Waals surface area contributed by atoms with Crippen LogP contribution in [0.25, 0.3) is 0 Å². The lowest BCUT2D eigenvalue weighted by Gasteiger charge is -2.28. The van der Waals surface area contributed by atoms with Gasteiger partial charge in [-0.2, -0.15) is 0 Å². The van der Waals surface area contributed by atoms with Crippen LogP contribution in [-0.2, 0) is 0 Å². The number of hydrogen-bond donors (Lipinski definition) is 3. The van der Waals surface area contributed by atoms with Crippen LogP contribution < -0.4 is 4.90 Å². The summed E-state index contributed by atoms with van der Waals surface area (Å²) in [6, 6.07) is 4.36. The summed E-state index contributed by atoms with van der Waals surface area (Å²) in [5.74, 6) is -2.23. The molecule has 1 aliphatic carbocycles. The number of anilines is 1. The predicted molar refractivity (Wildman–Crippen MR) is 90.4 cm³/mol. The molecular formula is C18H21F2N3O3. The molecule has 1 aromatic heterocycles. The maximum absolute atomic E-state index is 13.4. The predicted octanol–water partition coefficient (Wildman–Crippen LogP) is 1.34. The maximum atomic E-state index is 13.4. The van der Waals surface area contributed by atoms with Gasteiger partial charge in [-0.15, -0.1) is 0 Å². The lowest BCUT2D eigenvalue weighted by Crippen LogP contribution is -2.41. The molecule has 1 saturated carbocycles. The van der Waals surface area contributed by atoms with Crippen molar-refractivity contribution < 1.29 is 24.1 Å². The third-order valence-corrected chi connectivity index (χ3v) is 5.04. The van der Waals surface area contributed by atoms with Gasteiger partial charge >= 0.3 is 0 Å². The molecule has 1 aliphatic rings. The lowest BCUT2D eigenvalue weighted by molar-refractivity contribution is -0.0232. The molecule has 1 fully saturated rings. The molecule has 0 aliphatic heterocycles. The van der Waals surface area contributed by atoms with Crippen LogP contribution >= 0.6 is 0 Å². The van der Waals surface area contributed by atoms with Gasteiger partial charge in [0.15, 0.2) is 11.6 Å². The summed E-state index contributed by atoms with van der Waals surface area (Å²) in [5, 5.41) is 31.4. The molecule has 6 nitrogen and oxygen atoms in total. The van der Waals surface area contributed by atoms with E-state index < -0.39 is 41.9 Å². The Labute approximate surface area is 149 Å². The van der Waals surface area contributed by atoms with E-state index in [9.17, 15) is 24.1 Å². The standard InChI is InChI=1S/C18H21F2N3O3/c1-9-5-15(22-8-21-9)23(2)14-7-11(17(25)18(14)26)16(24)10-3-4-12(19)13(20)6-10/h3-6,8,11,14,16-18,24-26H,7H2,1-2H3/t11?,14?,16?,17-,18?/m1/s1. The van der Waals surface area contributed by atoms with Crippen LogP contribution in [-0.4, -0.2) is 50.6 Å². The van der Waals surface area contributed by atoms with Gasteiger partial charge in [0, 0.05) is 24.7 Å². The summed E-state index contributed by atoms with van der Waals surface area (Å²) in [7, 11) is 1.73. The molecule has 1 heterocycles. The Kier molecular flexibility index (Phi) is 5.17. The Balaban J connectivity index is 1.81. The summed E-state index contributed by atoms with van der Waals surface area (Å²) in [6.45, 7) is 1.81. The largest absolute Gasteiger partial charge is 0.390 e. The second kappa shape index (κ2) is 7.22. The Hall–Kier alpha value is -2.16. The minimum Gasteiger partial charge on any atom is -0.390 e. The van der Waals surface area contributed by atoms with Gasteiger partial charge in [-0.3, -0.25) is 0 Å². The van der Waals surface area contributed by atoms with E-state index in [1.165, 1.54) is 12.4 Å². The van der Waals surface area contributed by atoms with Crippen LogP contribution in [0, 0.1) is 24.5 Å². The Morgan fingerprint density at radius 2 is 1.85 bits per heavy atom. The molecule has 140 valence electrons. The zero-order valence-electron chi connectivity index (χ0n) is 14.4. The molecule has 3 N–H and O–H groups in total. The van der Waals surface area contributed by atoms with Crippen LogP contribution in [0.2, 0.25) is 0 Å². The summed E-state index contributed by atoms with van der Waals surface area (Å²) < 4.78 is 26.5. The van der Waals surface area contributed by atoms with Crippen molar-refractivity contribution in [2.75, 3.05) is 11.9 Å². The summed E-state index contributed by atoms with van der Waals surface area (Å²) in [5.41, 5.74) is 0.912. The first-order valence-electron chi connectivity index (χ1n) is 8.30. The van der Waals surface area contributed by atoms with Gasteiger partial charge in [0.1, 0.15) is 18.2 Å². The van der Waals surface area contributed by atoms with Crippen LogP contribution in [0.1, 0.15) is 23.8 Å². The number of halogens is 2. The SMILES string of the molecule is Cc1cc(N(C)C2CC(C(O)c3ccc(F)c(F)c3)[C@@H](O)C2O)ncn1. The number of rotatable bonds is 4. The normalized spacial score (nSPS) is 26.7. The van der Waals surface area contributed by atoms with E-state index in [4.69, 9.17) is 0 Å². The van der Waals surface area contributed by atoms with Crippen LogP contribution in [0.5, 0.6) is 0 Å². The minimum absolute atomic E-state index is 0.154. The Morgan fingerprint density at radius 3 is 2.50 bits per heavy atom. The van der Waals surface area contributed by atoms with Gasteiger partial charge in [-0.25, -0.2) is 18.7 Å². The molecule has 0 spiro atoms. The molecule has 0 saturated heterocycles. The fourth-order valence-corrected chi connectivity index (χ4v) is 3.49. The molecule has 8 heteroatoms. The number of aliphatic hydroxyl groups is 3. The third kappa shape index (κ3) is 3.40. The number of nitrogens with zero attached hydrogens (tertiary/aromatic N) is 3. The van der Waals surface area contributed by atoms with Crippen LogP contribution in [0.15, 0.2) is 30.6 Å². The Bertz CT molecular complexity index is 792. The van der Waals surface area contributed by atoms with Crippen molar-refractivity contribution in [2.45, 2.75) is 37.7 Å². The maximum Gasteiger partial charge on any atom is 0.159 e. The molecule has 3 rings (SSSR count). The van der Waals surface area contributed by atoms with E-state index >= 15 is 0 Å². The fraction of sp³-hybridized carbons (Fsp3) is 0.444. The first kappa shape index (κ1) is 18.6. The number of hydrogen-bond acceptors (Lipinski definition) is 6. The van der Waals surface area contributed by atoms with Crippen molar-refractivity contribution in [3.05, 3.63) is 53.5 Å². The third-order valence-electron chi connectivity index (χ3n) is 5.04. The van der Waals surface area contributed by atoms with E-state index in [1.54, 1.807) is 18.0 Å². The number of aliphatic hydroxyl groups excluding tert-OH is 3. The van der Waals surface area contributed by atoms with Gasteiger partial charge in [-0.05, 0) is 31.0 Å². The van der Waals surface area contributed by atoms with E-state index in [0.717, 1.165) is 17.8 Å². The van der Waals surface area contributed by atoms with Crippen LogP contribution in [0.4, 0.5) is 14.6 Å². The van der Waals surface area contributed by atoms with Gasteiger partial charge in [-0.1, -0.05) is 6.07 Å². The van der Waals surface area contributed by atoms with E-state index in [0.29, 0.717) is 5.82 Å². The smallest absolute Gasteiger partial charge is 0.159 e. The molecule has 5 atom stereocenters. The lowest BCUT2D eigenvalue weighted by atomic mass is 9.92. The average Bonchev–Trinajstić information content (AvgIpc) is 2.91. The minimum atomic E-state index is -1.24. The molecule has 26 heavy (non-hydrogen) atoms. The van der Waals surface area contributed by atoms with E-state index in [1.807, 2.05) is 6.92 Å². The summed E-state index contributed by atoms with van der Waals surface area (Å²) in [6.07, 6.45) is -1.91. The average molecular weight is 365 g/mol. The highest BCUT2D eigenvalue weighted by atomic mass is 19.2. The van der Waals surface area contributed by atoms with E-state index in [2.05, 4.69) is 9.97 Å². The molecule has 0 bridgehead atoms. The Morgan fingerprint density at radius 1 is 1.12 bits per heavy atom. The van der Waals surface area contributed by atoms with Crippen molar-refractivity contribution in [1.29, 1.82) is 0 Å². The summed E-state index contributed by atoms with van der Waals surface area (Å²) >= 11 is 0. The first-order valence-corrected chi connectivity index (χ1v) is 8.30. The number of aryl methyl sites for hydroxylation is 1. The molecular weight excluding hydrogens is 344 g/mol. The van der Waals surface area contributed by atoms with Crippen molar-refractivity contribution in [3.8, 4) is 0 Å². The monoisotopic (exact) mass is 365 g/mol. The quantitative estimate of drug-likeness (QED) is 0.758. The van der Waals surface area contributed by atoms with E-state index in [-0.39, 0.29) is 12.0 Å². The zero-order valence-corrected chi connectivity index (χ0v) is 14.4. The van der Waals surface area contributed by atoms with Crippen LogP contribution in [0.3, 0.4) is 0 Å². The van der Waals surface area contributed by atoms with Crippen molar-refractivity contribution in [1.82, 2.24) is 9.97 Å². The van der Waals surface area contributed by atoms with Crippen molar-refractivity contribution >= 4 is 5.82 Å². The zero-order chi connectivity index (χ0) is 19.0.